The zero-order valence-corrected chi connectivity index (χ0v) is 19.2. The summed E-state index contributed by atoms with van der Waals surface area (Å²) >= 11 is 5.61. The standard InChI is InChI=1S/C20H22ClF3N2O5S/c1-12(15-10-14(30-2)6-8-18(15)31-3)25-19(27)11-26(32(4,28)29)13-5-7-17(21)16(9-13)20(22,23)24/h5-10,12H,11H2,1-4H3,(H,25,27)/t12-/m0/s1. The number of anilines is 1. The van der Waals surface area contributed by atoms with Gasteiger partial charge in [-0.1, -0.05) is 11.6 Å². The van der Waals surface area contributed by atoms with Gasteiger partial charge in [-0.15, -0.1) is 0 Å². The van der Waals surface area contributed by atoms with Crippen LogP contribution in [0.5, 0.6) is 11.5 Å². The van der Waals surface area contributed by atoms with Gasteiger partial charge in [-0.2, -0.15) is 13.2 Å². The van der Waals surface area contributed by atoms with Crippen molar-refractivity contribution < 1.29 is 35.9 Å². The maximum absolute atomic E-state index is 13.2. The molecule has 0 aliphatic carbocycles. The van der Waals surface area contributed by atoms with Crippen molar-refractivity contribution in [3.05, 3.63) is 52.5 Å². The van der Waals surface area contributed by atoms with Crippen LogP contribution in [0.1, 0.15) is 24.1 Å². The van der Waals surface area contributed by atoms with E-state index in [9.17, 15) is 26.4 Å². The maximum Gasteiger partial charge on any atom is 0.417 e. The van der Waals surface area contributed by atoms with Crippen LogP contribution in [0.25, 0.3) is 0 Å². The van der Waals surface area contributed by atoms with Crippen LogP contribution in [0.3, 0.4) is 0 Å². The van der Waals surface area contributed by atoms with Gasteiger partial charge in [0, 0.05) is 5.56 Å². The van der Waals surface area contributed by atoms with E-state index in [0.29, 0.717) is 27.4 Å². The molecule has 0 aromatic heterocycles. The number of methoxy groups -OCH3 is 2. The Kier molecular flexibility index (Phi) is 7.89. The number of ether oxygens (including phenoxy) is 2. The number of amides is 1. The molecule has 7 nitrogen and oxygen atoms in total. The summed E-state index contributed by atoms with van der Waals surface area (Å²) in [5, 5.41) is 2.04. The lowest BCUT2D eigenvalue weighted by Crippen LogP contribution is -2.41. The molecule has 2 rings (SSSR count). The second kappa shape index (κ2) is 9.86. The Morgan fingerprint density at radius 1 is 1.16 bits per heavy atom. The molecule has 0 saturated carbocycles. The summed E-state index contributed by atoms with van der Waals surface area (Å²) in [4.78, 5) is 12.6. The topological polar surface area (TPSA) is 84.9 Å². The number of sulfonamides is 1. The van der Waals surface area contributed by atoms with Crippen LogP contribution >= 0.6 is 11.6 Å². The summed E-state index contributed by atoms with van der Waals surface area (Å²) in [6.07, 6.45) is -4.01. The number of hydrogen-bond donors (Lipinski definition) is 1. The molecular weight excluding hydrogens is 473 g/mol. The average Bonchev–Trinajstić information content (AvgIpc) is 2.70. The molecule has 0 heterocycles. The molecule has 12 heteroatoms. The Bertz CT molecular complexity index is 1090. The quantitative estimate of drug-likeness (QED) is 0.599. The largest absolute Gasteiger partial charge is 0.497 e. The summed E-state index contributed by atoms with van der Waals surface area (Å²) in [5.41, 5.74) is -0.983. The lowest BCUT2D eigenvalue weighted by atomic mass is 10.1. The van der Waals surface area contributed by atoms with Crippen LogP contribution in [0.2, 0.25) is 5.02 Å². The highest BCUT2D eigenvalue weighted by Crippen LogP contribution is 2.37. The van der Waals surface area contributed by atoms with Crippen LogP contribution in [-0.4, -0.2) is 41.3 Å². The summed E-state index contributed by atoms with van der Waals surface area (Å²) in [6, 6.07) is 6.95. The van der Waals surface area contributed by atoms with E-state index in [0.717, 1.165) is 18.4 Å². The van der Waals surface area contributed by atoms with Crippen LogP contribution in [-0.2, 0) is 21.0 Å². The van der Waals surface area contributed by atoms with E-state index in [1.54, 1.807) is 25.1 Å². The van der Waals surface area contributed by atoms with Gasteiger partial charge in [-0.25, -0.2) is 8.42 Å². The van der Waals surface area contributed by atoms with Gasteiger partial charge < -0.3 is 14.8 Å². The minimum absolute atomic E-state index is 0.342. The Morgan fingerprint density at radius 2 is 1.81 bits per heavy atom. The van der Waals surface area contributed by atoms with Crippen LogP contribution < -0.4 is 19.1 Å². The molecule has 32 heavy (non-hydrogen) atoms. The van der Waals surface area contributed by atoms with Gasteiger partial charge in [-0.3, -0.25) is 9.10 Å². The van der Waals surface area contributed by atoms with Crippen molar-refractivity contribution in [2.75, 3.05) is 31.3 Å². The first-order valence-electron chi connectivity index (χ1n) is 9.13. The lowest BCUT2D eigenvalue weighted by Gasteiger charge is -2.25. The molecule has 0 spiro atoms. The van der Waals surface area contributed by atoms with Crippen molar-refractivity contribution in [1.82, 2.24) is 5.32 Å². The summed E-state index contributed by atoms with van der Waals surface area (Å²) in [5.74, 6) is 0.239. The van der Waals surface area contributed by atoms with Gasteiger partial charge in [-0.05, 0) is 43.3 Å². The number of carbonyl (C=O) groups is 1. The predicted molar refractivity (Wildman–Crippen MR) is 115 cm³/mol. The summed E-state index contributed by atoms with van der Waals surface area (Å²) in [7, 11) is -1.17. The van der Waals surface area contributed by atoms with Crippen molar-refractivity contribution in [3.63, 3.8) is 0 Å². The fourth-order valence-corrected chi connectivity index (χ4v) is 4.03. The second-order valence-electron chi connectivity index (χ2n) is 6.83. The number of benzene rings is 2. The van der Waals surface area contributed by atoms with E-state index >= 15 is 0 Å². The molecule has 1 amide bonds. The van der Waals surface area contributed by atoms with Crippen molar-refractivity contribution in [2.24, 2.45) is 0 Å². The number of nitrogens with one attached hydrogen (secondary N) is 1. The Balaban J connectivity index is 2.31. The zero-order chi connectivity index (χ0) is 24.3. The molecule has 0 saturated heterocycles. The minimum atomic E-state index is -4.80. The molecule has 0 radical (unpaired) electrons. The van der Waals surface area contributed by atoms with Crippen molar-refractivity contribution in [3.8, 4) is 11.5 Å². The van der Waals surface area contributed by atoms with Crippen LogP contribution in [0.4, 0.5) is 18.9 Å². The lowest BCUT2D eigenvalue weighted by molar-refractivity contribution is -0.137. The number of hydrogen-bond acceptors (Lipinski definition) is 5. The Labute approximate surface area is 189 Å². The van der Waals surface area contributed by atoms with Crippen LogP contribution in [0.15, 0.2) is 36.4 Å². The first-order valence-corrected chi connectivity index (χ1v) is 11.4. The molecule has 2 aromatic carbocycles. The van der Waals surface area contributed by atoms with E-state index in [2.05, 4.69) is 5.32 Å². The highest BCUT2D eigenvalue weighted by Gasteiger charge is 2.34. The van der Waals surface area contributed by atoms with Crippen molar-refractivity contribution in [2.45, 2.75) is 19.1 Å². The normalized spacial score (nSPS) is 12.8. The third kappa shape index (κ3) is 6.19. The van der Waals surface area contributed by atoms with E-state index < -0.39 is 45.3 Å². The number of nitrogens with zero attached hydrogens (tertiary/aromatic N) is 1. The van der Waals surface area contributed by atoms with Gasteiger partial charge in [0.25, 0.3) is 0 Å². The molecule has 0 aliphatic rings. The molecule has 176 valence electrons. The molecule has 0 bridgehead atoms. The van der Waals surface area contributed by atoms with Gasteiger partial charge >= 0.3 is 6.18 Å². The number of carbonyl (C=O) groups excluding carboxylic acids is 1. The summed E-state index contributed by atoms with van der Waals surface area (Å²) in [6.45, 7) is 0.901. The molecular formula is C20H22ClF3N2O5S. The van der Waals surface area contributed by atoms with E-state index in [-0.39, 0.29) is 5.69 Å². The maximum atomic E-state index is 13.2. The van der Waals surface area contributed by atoms with E-state index in [1.165, 1.54) is 14.2 Å². The second-order valence-corrected chi connectivity index (χ2v) is 9.14. The third-order valence-electron chi connectivity index (χ3n) is 4.51. The highest BCUT2D eigenvalue weighted by atomic mass is 35.5. The predicted octanol–water partition coefficient (Wildman–Crippen LogP) is 4.02. The molecule has 0 aliphatic heterocycles. The highest BCUT2D eigenvalue weighted by molar-refractivity contribution is 7.92. The van der Waals surface area contributed by atoms with Crippen molar-refractivity contribution in [1.29, 1.82) is 0 Å². The molecule has 0 unspecified atom stereocenters. The third-order valence-corrected chi connectivity index (χ3v) is 5.98. The Morgan fingerprint density at radius 3 is 2.34 bits per heavy atom. The number of halogens is 4. The number of alkyl halides is 3. The van der Waals surface area contributed by atoms with E-state index in [4.69, 9.17) is 21.1 Å². The summed E-state index contributed by atoms with van der Waals surface area (Å²) < 4.78 is 75.1. The fourth-order valence-electron chi connectivity index (χ4n) is 2.96. The minimum Gasteiger partial charge on any atom is -0.497 e. The number of rotatable bonds is 8. The SMILES string of the molecule is COc1ccc(OC)c([C@H](C)NC(=O)CN(c2ccc(Cl)c(C(F)(F)F)c2)S(C)(=O)=O)c1. The van der Waals surface area contributed by atoms with E-state index in [1.807, 2.05) is 0 Å². The van der Waals surface area contributed by atoms with Crippen molar-refractivity contribution >= 4 is 33.2 Å². The van der Waals surface area contributed by atoms with Gasteiger partial charge in [0.15, 0.2) is 0 Å². The molecule has 0 fully saturated rings. The smallest absolute Gasteiger partial charge is 0.417 e. The fraction of sp³-hybridized carbons (Fsp3) is 0.350. The first kappa shape index (κ1) is 25.6. The average molecular weight is 495 g/mol. The molecule has 2 aromatic rings. The molecule has 1 N–H and O–H groups in total. The van der Waals surface area contributed by atoms with Gasteiger partial charge in [0.2, 0.25) is 15.9 Å². The zero-order valence-electron chi connectivity index (χ0n) is 17.7. The molecule has 1 atom stereocenters. The first-order chi connectivity index (χ1) is 14.8. The van der Waals surface area contributed by atoms with Crippen LogP contribution in [0, 0.1) is 0 Å². The van der Waals surface area contributed by atoms with Gasteiger partial charge in [0.1, 0.15) is 18.0 Å². The van der Waals surface area contributed by atoms with Gasteiger partial charge in [0.05, 0.1) is 42.8 Å². The Hall–Kier alpha value is -2.66. The monoisotopic (exact) mass is 494 g/mol.